The van der Waals surface area contributed by atoms with Gasteiger partial charge in [0.25, 0.3) is 0 Å². The molecule has 0 radical (unpaired) electrons. The van der Waals surface area contributed by atoms with Gasteiger partial charge in [-0.1, -0.05) is 298 Å². The summed E-state index contributed by atoms with van der Waals surface area (Å²) in [6.45, 7) is 47.9. The molecule has 0 unspecified atom stereocenters. The molecule has 0 aliphatic carbocycles. The third-order valence-corrected chi connectivity index (χ3v) is 24.9. The lowest BCUT2D eigenvalue weighted by atomic mass is 9.78. The van der Waals surface area contributed by atoms with Crippen molar-refractivity contribution in [2.24, 2.45) is 9.98 Å². The van der Waals surface area contributed by atoms with E-state index in [0.29, 0.717) is 0 Å². The predicted molar refractivity (Wildman–Crippen MR) is 468 cm³/mol. The molecule has 8 atom stereocenters. The average Bonchev–Trinajstić information content (AvgIpc) is 0.776. The number of benzene rings is 12. The molecule has 12 rings (SSSR count). The topological polar surface area (TPSA) is 48.8 Å². The highest BCUT2D eigenvalue weighted by atomic mass is 15.0. The number of anilines is 2. The summed E-state index contributed by atoms with van der Waals surface area (Å²) in [5.41, 5.74) is 42.1. The largest absolute Gasteiger partial charge is 0.383 e. The van der Waals surface area contributed by atoms with E-state index in [9.17, 15) is 0 Å². The summed E-state index contributed by atoms with van der Waals surface area (Å²) in [6.07, 6.45) is 3.90. The van der Waals surface area contributed by atoms with E-state index in [1.54, 1.807) is 0 Å². The molecule has 0 saturated heterocycles. The molecule has 0 heterocycles. The van der Waals surface area contributed by atoms with Crippen molar-refractivity contribution in [1.82, 2.24) is 0 Å². The summed E-state index contributed by atoms with van der Waals surface area (Å²) in [4.78, 5) is 10.9. The molecule has 0 aromatic heterocycles. The first kappa shape index (κ1) is 78.6. The molecule has 4 heteroatoms. The standard InChI is InChI=1S/C52H60N2.C52H56N2/c2*1-33-35(3)47(39(7)43-23-15-11-16-24-43)51(48(36(33)4)40(8)44-25-17-12-18-26-44)53-31-32-54-52-49(41(9)45-27-19-13-20-28-45)37(5)34(2)38(6)50(52)42(10)46-29-21-14-22-30-46/h11-30,39-42,53-54H,31-32H2,1-10H3;11-32,39-42H,1-10H3/t2*39-,40-,41-,42-/m11/s1. The number of rotatable bonds is 24. The van der Waals surface area contributed by atoms with Crippen LogP contribution in [0.4, 0.5) is 22.7 Å². The molecule has 0 fully saturated rings. The Bertz CT molecular complexity index is 4470. The first-order valence-electron chi connectivity index (χ1n) is 39.5. The molecule has 0 bridgehead atoms. The molecule has 108 heavy (non-hydrogen) atoms. The molecule has 552 valence electrons. The smallest absolute Gasteiger partial charge is 0.0711 e. The van der Waals surface area contributed by atoms with E-state index < -0.39 is 0 Å². The Labute approximate surface area is 649 Å². The van der Waals surface area contributed by atoms with Crippen molar-refractivity contribution < 1.29 is 0 Å². The second kappa shape index (κ2) is 35.5. The minimum Gasteiger partial charge on any atom is -0.383 e. The molecule has 0 amide bonds. The number of hydrogen-bond acceptors (Lipinski definition) is 4. The van der Waals surface area contributed by atoms with Gasteiger partial charge in [0.05, 0.1) is 11.4 Å². The minimum absolute atomic E-state index is 0.162. The van der Waals surface area contributed by atoms with Gasteiger partial charge in [-0.15, -0.1) is 0 Å². The first-order chi connectivity index (χ1) is 52.0. The highest BCUT2D eigenvalue weighted by Crippen LogP contribution is 2.50. The second-order valence-electron chi connectivity index (χ2n) is 30.7. The Morgan fingerprint density at radius 2 is 0.343 bits per heavy atom. The van der Waals surface area contributed by atoms with Gasteiger partial charge in [0.15, 0.2) is 0 Å². The van der Waals surface area contributed by atoms with Crippen LogP contribution in [-0.2, 0) is 0 Å². The molecular formula is C104H116N4. The third kappa shape index (κ3) is 16.5. The minimum atomic E-state index is 0.162. The van der Waals surface area contributed by atoms with E-state index in [0.717, 1.165) is 24.5 Å². The van der Waals surface area contributed by atoms with Crippen LogP contribution in [0.15, 0.2) is 253 Å². The van der Waals surface area contributed by atoms with Gasteiger partial charge >= 0.3 is 0 Å². The summed E-state index contributed by atoms with van der Waals surface area (Å²) >= 11 is 0. The molecule has 0 spiro atoms. The summed E-state index contributed by atoms with van der Waals surface area (Å²) < 4.78 is 0. The van der Waals surface area contributed by atoms with Crippen LogP contribution < -0.4 is 10.6 Å². The van der Waals surface area contributed by atoms with Crippen LogP contribution in [0.1, 0.15) is 259 Å². The maximum atomic E-state index is 5.43. The van der Waals surface area contributed by atoms with Crippen LogP contribution in [0.2, 0.25) is 0 Å². The van der Waals surface area contributed by atoms with Gasteiger partial charge in [-0.3, -0.25) is 9.98 Å². The van der Waals surface area contributed by atoms with Gasteiger partial charge < -0.3 is 10.6 Å². The van der Waals surface area contributed by atoms with E-state index in [-0.39, 0.29) is 47.3 Å². The monoisotopic (exact) mass is 1420 g/mol. The van der Waals surface area contributed by atoms with E-state index in [4.69, 9.17) is 9.98 Å². The fraction of sp³-hybridized carbons (Fsp3) is 0.288. The Balaban J connectivity index is 0.000000215. The third-order valence-electron chi connectivity index (χ3n) is 24.9. The van der Waals surface area contributed by atoms with Gasteiger partial charge in [-0.2, -0.15) is 0 Å². The number of nitrogens with zero attached hydrogens (tertiary/aromatic N) is 2. The zero-order valence-corrected chi connectivity index (χ0v) is 68.2. The van der Waals surface area contributed by atoms with Crippen molar-refractivity contribution in [3.8, 4) is 0 Å². The lowest BCUT2D eigenvalue weighted by Crippen LogP contribution is -2.22. The highest BCUT2D eigenvalue weighted by Gasteiger charge is 2.31. The zero-order chi connectivity index (χ0) is 77.0. The van der Waals surface area contributed by atoms with E-state index in [1.165, 1.54) is 167 Å². The van der Waals surface area contributed by atoms with Crippen molar-refractivity contribution in [2.45, 2.75) is 186 Å². The van der Waals surface area contributed by atoms with E-state index in [1.807, 2.05) is 12.4 Å². The molecule has 12 aromatic rings. The fourth-order valence-corrected chi connectivity index (χ4v) is 17.6. The van der Waals surface area contributed by atoms with Crippen LogP contribution >= 0.6 is 0 Å². The van der Waals surface area contributed by atoms with Crippen molar-refractivity contribution in [3.05, 3.63) is 398 Å². The van der Waals surface area contributed by atoms with Gasteiger partial charge in [0.1, 0.15) is 0 Å². The Morgan fingerprint density at radius 1 is 0.204 bits per heavy atom. The van der Waals surface area contributed by atoms with Crippen LogP contribution in [0.25, 0.3) is 0 Å². The van der Waals surface area contributed by atoms with Crippen LogP contribution in [-0.4, -0.2) is 25.5 Å². The first-order valence-corrected chi connectivity index (χ1v) is 39.5. The summed E-state index contributed by atoms with van der Waals surface area (Å²) in [5.74, 6) is 1.60. The van der Waals surface area contributed by atoms with Crippen LogP contribution in [0.3, 0.4) is 0 Å². The average molecular weight is 1420 g/mol. The van der Waals surface area contributed by atoms with E-state index in [2.05, 4.69) is 392 Å². The second-order valence-corrected chi connectivity index (χ2v) is 30.7. The van der Waals surface area contributed by atoms with Crippen LogP contribution in [0, 0.1) is 83.1 Å². The van der Waals surface area contributed by atoms with Gasteiger partial charge in [0, 0.05) is 84.2 Å². The Hall–Kier alpha value is -10.4. The quantitative estimate of drug-likeness (QED) is 0.0468. The molecule has 0 aliphatic heterocycles. The SMILES string of the molecule is Cc1c(C)c([C@H](C)c2ccccc2)c(N=CC=Nc2c([C@H](C)c3ccccc3)c(C)c(C)c(C)c2[C@H](C)c2ccccc2)c([C@H](C)c2ccccc2)c1C.Cc1c(C)c([C@H](C)c2ccccc2)c(NCCNc2c([C@H](C)c3ccccc3)c(C)c(C)c(C)c2[C@H](C)c2ccccc2)c([C@H](C)c2ccccc2)c1C. The van der Waals surface area contributed by atoms with Crippen molar-refractivity contribution in [1.29, 1.82) is 0 Å². The lowest BCUT2D eigenvalue weighted by molar-refractivity contribution is 0.854. The van der Waals surface area contributed by atoms with Gasteiger partial charge in [0.2, 0.25) is 0 Å². The molecule has 0 saturated carbocycles. The highest BCUT2D eigenvalue weighted by molar-refractivity contribution is 6.18. The molecular weight excluding hydrogens is 1310 g/mol. The Morgan fingerprint density at radius 3 is 0.500 bits per heavy atom. The number of nitrogens with one attached hydrogen (secondary N) is 2. The summed E-state index contributed by atoms with van der Waals surface area (Å²) in [6, 6.07) is 87.4. The lowest BCUT2D eigenvalue weighted by Gasteiger charge is -2.31. The van der Waals surface area contributed by atoms with Crippen molar-refractivity contribution in [2.75, 3.05) is 23.7 Å². The maximum Gasteiger partial charge on any atom is 0.0711 e. The van der Waals surface area contributed by atoms with Crippen molar-refractivity contribution >= 4 is 35.2 Å². The molecule has 2 N–H and O–H groups in total. The molecule has 4 nitrogen and oxygen atoms in total. The van der Waals surface area contributed by atoms with Crippen LogP contribution in [0.5, 0.6) is 0 Å². The van der Waals surface area contributed by atoms with E-state index >= 15 is 0 Å². The fourth-order valence-electron chi connectivity index (χ4n) is 17.6. The summed E-state index contributed by atoms with van der Waals surface area (Å²) in [7, 11) is 0. The molecule has 0 aliphatic rings. The maximum absolute atomic E-state index is 5.43. The normalized spacial score (nSPS) is 13.8. The van der Waals surface area contributed by atoms with Gasteiger partial charge in [-0.05, 0) is 239 Å². The zero-order valence-electron chi connectivity index (χ0n) is 68.2. The van der Waals surface area contributed by atoms with Gasteiger partial charge in [-0.25, -0.2) is 0 Å². The molecule has 12 aromatic carbocycles. The summed E-state index contributed by atoms with van der Waals surface area (Å²) in [5, 5.41) is 8.20. The van der Waals surface area contributed by atoms with Crippen molar-refractivity contribution in [3.63, 3.8) is 0 Å². The number of aliphatic imine (C=N–C) groups is 2. The predicted octanol–water partition coefficient (Wildman–Crippen LogP) is 27.9. The number of hydrogen-bond donors (Lipinski definition) is 2. The Kier molecular flexibility index (Phi) is 25.9.